The second kappa shape index (κ2) is 6.92. The van der Waals surface area contributed by atoms with E-state index in [9.17, 15) is 0 Å². The molecule has 0 aliphatic carbocycles. The lowest BCUT2D eigenvalue weighted by atomic mass is 9.89. The lowest BCUT2D eigenvalue weighted by Crippen LogP contribution is -2.29. The van der Waals surface area contributed by atoms with Gasteiger partial charge in [0, 0.05) is 6.54 Å². The van der Waals surface area contributed by atoms with Crippen LogP contribution < -0.4 is 10.5 Å². The second-order valence-electron chi connectivity index (χ2n) is 6.16. The topological polar surface area (TPSA) is 38.5 Å². The highest BCUT2D eigenvalue weighted by Gasteiger charge is 2.16. The molecule has 0 unspecified atom stereocenters. The molecule has 3 nitrogen and oxygen atoms in total. The molecule has 0 heterocycles. The van der Waals surface area contributed by atoms with Crippen molar-refractivity contribution in [1.29, 1.82) is 0 Å². The molecule has 0 aromatic heterocycles. The van der Waals surface area contributed by atoms with E-state index in [1.165, 1.54) is 11.1 Å². The first kappa shape index (κ1) is 16.0. The van der Waals surface area contributed by atoms with Crippen LogP contribution in [0.3, 0.4) is 0 Å². The smallest absolute Gasteiger partial charge is 0.121 e. The van der Waals surface area contributed by atoms with Crippen LogP contribution in [0, 0.1) is 12.3 Å². The van der Waals surface area contributed by atoms with Gasteiger partial charge in [0.2, 0.25) is 0 Å². The number of nitrogens with two attached hydrogens (primary N) is 1. The summed E-state index contributed by atoms with van der Waals surface area (Å²) in [6.07, 6.45) is 1.12. The highest BCUT2D eigenvalue weighted by Crippen LogP contribution is 2.21. The van der Waals surface area contributed by atoms with Crippen LogP contribution in [-0.2, 0) is 6.54 Å². The van der Waals surface area contributed by atoms with E-state index in [1.807, 2.05) is 6.07 Å². The van der Waals surface area contributed by atoms with E-state index in [4.69, 9.17) is 10.5 Å². The van der Waals surface area contributed by atoms with E-state index in [1.54, 1.807) is 7.11 Å². The average Bonchev–Trinajstić information content (AvgIpc) is 2.37. The van der Waals surface area contributed by atoms with E-state index in [-0.39, 0.29) is 5.41 Å². The fourth-order valence-corrected chi connectivity index (χ4v) is 2.03. The Morgan fingerprint density at radius 1 is 1.32 bits per heavy atom. The van der Waals surface area contributed by atoms with Crippen LogP contribution in [0.5, 0.6) is 5.75 Å². The molecule has 2 N–H and O–H groups in total. The van der Waals surface area contributed by atoms with Gasteiger partial charge in [-0.3, -0.25) is 0 Å². The van der Waals surface area contributed by atoms with Crippen molar-refractivity contribution in [2.45, 2.75) is 33.7 Å². The summed E-state index contributed by atoms with van der Waals surface area (Å²) in [5, 5.41) is 0. The number of ether oxygens (including phenoxy) is 1. The molecule has 0 aliphatic heterocycles. The third kappa shape index (κ3) is 5.21. The predicted octanol–water partition coefficient (Wildman–Crippen LogP) is 2.81. The Kier molecular flexibility index (Phi) is 5.83. The lowest BCUT2D eigenvalue weighted by molar-refractivity contribution is 0.249. The maximum Gasteiger partial charge on any atom is 0.121 e. The van der Waals surface area contributed by atoms with Gasteiger partial charge in [-0.15, -0.1) is 0 Å². The average molecular weight is 264 g/mol. The highest BCUT2D eigenvalue weighted by molar-refractivity contribution is 5.36. The zero-order valence-corrected chi connectivity index (χ0v) is 13.0. The van der Waals surface area contributed by atoms with Crippen molar-refractivity contribution in [1.82, 2.24) is 4.90 Å². The van der Waals surface area contributed by atoms with Crippen molar-refractivity contribution in [2.24, 2.45) is 11.1 Å². The number of hydrogen-bond acceptors (Lipinski definition) is 3. The van der Waals surface area contributed by atoms with Gasteiger partial charge in [0.05, 0.1) is 7.11 Å². The summed E-state index contributed by atoms with van der Waals surface area (Å²) in [7, 11) is 3.87. The van der Waals surface area contributed by atoms with Gasteiger partial charge >= 0.3 is 0 Å². The number of benzene rings is 1. The minimum absolute atomic E-state index is 0.226. The van der Waals surface area contributed by atoms with Crippen LogP contribution in [0.25, 0.3) is 0 Å². The molecule has 108 valence electrons. The zero-order chi connectivity index (χ0) is 14.5. The van der Waals surface area contributed by atoms with Gasteiger partial charge in [-0.2, -0.15) is 0 Å². The van der Waals surface area contributed by atoms with Crippen molar-refractivity contribution in [3.63, 3.8) is 0 Å². The molecular formula is C16H28N2O. The molecule has 0 fully saturated rings. The van der Waals surface area contributed by atoms with Crippen molar-refractivity contribution in [3.05, 3.63) is 29.3 Å². The summed E-state index contributed by atoms with van der Waals surface area (Å²) in [5.74, 6) is 0.954. The molecule has 19 heavy (non-hydrogen) atoms. The lowest BCUT2D eigenvalue weighted by Gasteiger charge is -2.26. The molecule has 0 bridgehead atoms. The van der Waals surface area contributed by atoms with E-state index in [2.05, 4.69) is 44.9 Å². The first-order valence-electron chi connectivity index (χ1n) is 6.90. The summed E-state index contributed by atoms with van der Waals surface area (Å²) >= 11 is 0. The largest absolute Gasteiger partial charge is 0.496 e. The predicted molar refractivity (Wildman–Crippen MR) is 81.5 cm³/mol. The number of nitrogens with zero attached hydrogens (tertiary/aromatic N) is 1. The fourth-order valence-electron chi connectivity index (χ4n) is 2.03. The van der Waals surface area contributed by atoms with Crippen LogP contribution in [0.2, 0.25) is 0 Å². The molecule has 0 aliphatic rings. The first-order chi connectivity index (χ1) is 8.88. The fraction of sp³-hybridized carbons (Fsp3) is 0.625. The van der Waals surface area contributed by atoms with Gasteiger partial charge in [-0.25, -0.2) is 0 Å². The van der Waals surface area contributed by atoms with Crippen LogP contribution in [0.4, 0.5) is 0 Å². The van der Waals surface area contributed by atoms with Gasteiger partial charge in [-0.1, -0.05) is 26.0 Å². The minimum Gasteiger partial charge on any atom is -0.496 e. The molecular weight excluding hydrogens is 236 g/mol. The molecule has 1 rings (SSSR count). The van der Waals surface area contributed by atoms with Crippen molar-refractivity contribution >= 4 is 0 Å². The molecule has 0 radical (unpaired) electrons. The molecule has 0 saturated carbocycles. The van der Waals surface area contributed by atoms with Gasteiger partial charge in [0.25, 0.3) is 0 Å². The standard InChI is InChI=1S/C16H28N2O/c1-13-10-14(6-7-15(13)19-5)11-18(4)9-8-16(2,3)12-17/h6-7,10H,8-9,11-12,17H2,1-5H3. The van der Waals surface area contributed by atoms with Crippen LogP contribution in [-0.4, -0.2) is 32.1 Å². The third-order valence-electron chi connectivity index (χ3n) is 3.63. The van der Waals surface area contributed by atoms with Gasteiger partial charge in [0.15, 0.2) is 0 Å². The highest BCUT2D eigenvalue weighted by atomic mass is 16.5. The maximum absolute atomic E-state index is 5.76. The SMILES string of the molecule is COc1ccc(CN(C)CCC(C)(C)CN)cc1C. The Hall–Kier alpha value is -1.06. The van der Waals surface area contributed by atoms with Crippen molar-refractivity contribution in [3.8, 4) is 5.75 Å². The normalized spacial score (nSPS) is 11.9. The quantitative estimate of drug-likeness (QED) is 0.823. The molecule has 0 spiro atoms. The van der Waals surface area contributed by atoms with Gasteiger partial charge in [0.1, 0.15) is 5.75 Å². The maximum atomic E-state index is 5.76. The summed E-state index contributed by atoms with van der Waals surface area (Å²) < 4.78 is 5.28. The van der Waals surface area contributed by atoms with Crippen LogP contribution in [0.15, 0.2) is 18.2 Å². The van der Waals surface area contributed by atoms with Gasteiger partial charge in [-0.05, 0) is 56.1 Å². The molecule has 1 aromatic rings. The Morgan fingerprint density at radius 2 is 2.00 bits per heavy atom. The third-order valence-corrected chi connectivity index (χ3v) is 3.63. The monoisotopic (exact) mass is 264 g/mol. The molecule has 3 heteroatoms. The minimum atomic E-state index is 0.226. The zero-order valence-electron chi connectivity index (χ0n) is 13.0. The molecule has 0 amide bonds. The molecule has 1 aromatic carbocycles. The Morgan fingerprint density at radius 3 is 2.53 bits per heavy atom. The summed E-state index contributed by atoms with van der Waals surface area (Å²) in [5.41, 5.74) is 8.51. The Balaban J connectivity index is 2.53. The first-order valence-corrected chi connectivity index (χ1v) is 6.90. The summed E-state index contributed by atoms with van der Waals surface area (Å²) in [4.78, 5) is 2.35. The van der Waals surface area contributed by atoms with E-state index in [0.29, 0.717) is 0 Å². The van der Waals surface area contributed by atoms with Crippen LogP contribution in [0.1, 0.15) is 31.4 Å². The van der Waals surface area contributed by atoms with E-state index in [0.717, 1.165) is 31.8 Å². The number of methoxy groups -OCH3 is 1. The molecule has 0 atom stereocenters. The van der Waals surface area contributed by atoms with E-state index < -0.39 is 0 Å². The number of aryl methyl sites for hydroxylation is 1. The molecule has 0 saturated heterocycles. The Bertz CT molecular complexity index is 402. The number of rotatable bonds is 7. The van der Waals surface area contributed by atoms with Crippen LogP contribution >= 0.6 is 0 Å². The number of hydrogen-bond donors (Lipinski definition) is 1. The van der Waals surface area contributed by atoms with Crippen molar-refractivity contribution < 1.29 is 4.74 Å². The summed E-state index contributed by atoms with van der Waals surface area (Å²) in [6, 6.07) is 6.38. The van der Waals surface area contributed by atoms with E-state index >= 15 is 0 Å². The van der Waals surface area contributed by atoms with Crippen molar-refractivity contribution in [2.75, 3.05) is 27.2 Å². The van der Waals surface area contributed by atoms with Gasteiger partial charge < -0.3 is 15.4 Å². The summed E-state index contributed by atoms with van der Waals surface area (Å²) in [6.45, 7) is 9.29. The second-order valence-corrected chi connectivity index (χ2v) is 6.16. The Labute approximate surface area is 117 Å².